The molecule has 1 amide bonds. The van der Waals surface area contributed by atoms with Crippen molar-refractivity contribution >= 4 is 33.0 Å². The number of sulfone groups is 1. The molecule has 0 aliphatic carbocycles. The van der Waals surface area contributed by atoms with Gasteiger partial charge in [0.1, 0.15) is 5.75 Å². The fourth-order valence-electron chi connectivity index (χ4n) is 2.01. The van der Waals surface area contributed by atoms with Crippen LogP contribution in [0.1, 0.15) is 13.3 Å². The average Bonchev–Trinajstić information content (AvgIpc) is 2.56. The minimum Gasteiger partial charge on any atom is -0.494 e. The molecule has 24 heavy (non-hydrogen) atoms. The van der Waals surface area contributed by atoms with Gasteiger partial charge in [0.25, 0.3) is 0 Å². The molecule has 0 heterocycles. The zero-order valence-corrected chi connectivity index (χ0v) is 14.7. The van der Waals surface area contributed by atoms with Gasteiger partial charge in [0.2, 0.25) is 5.91 Å². The van der Waals surface area contributed by atoms with Crippen molar-refractivity contribution in [1.29, 1.82) is 0 Å². The van der Waals surface area contributed by atoms with E-state index in [1.165, 1.54) is 24.3 Å². The second kappa shape index (κ2) is 8.17. The highest BCUT2D eigenvalue weighted by molar-refractivity contribution is 7.91. The van der Waals surface area contributed by atoms with Crippen LogP contribution in [0, 0.1) is 0 Å². The van der Waals surface area contributed by atoms with E-state index in [4.69, 9.17) is 16.3 Å². The summed E-state index contributed by atoms with van der Waals surface area (Å²) in [6.07, 6.45) is -0.127. The van der Waals surface area contributed by atoms with Gasteiger partial charge >= 0.3 is 0 Å². The standard InChI is InChI=1S/C17H18ClNO4S/c1-2-23-15-7-5-14(6-8-15)19-17(20)11-12-24(21,22)16-9-3-13(18)4-10-16/h3-10H,2,11-12H2,1H3,(H,19,20). The number of carbonyl (C=O) groups is 1. The number of benzene rings is 2. The predicted octanol–water partition coefficient (Wildman–Crippen LogP) is 3.54. The molecule has 0 saturated heterocycles. The largest absolute Gasteiger partial charge is 0.494 e. The molecule has 128 valence electrons. The van der Waals surface area contributed by atoms with Gasteiger partial charge in [-0.15, -0.1) is 0 Å². The highest BCUT2D eigenvalue weighted by atomic mass is 35.5. The van der Waals surface area contributed by atoms with Gasteiger partial charge in [-0.1, -0.05) is 11.6 Å². The normalized spacial score (nSPS) is 11.1. The Morgan fingerprint density at radius 1 is 1.08 bits per heavy atom. The second-order valence-corrected chi connectivity index (χ2v) is 7.57. The second-order valence-electron chi connectivity index (χ2n) is 5.03. The average molecular weight is 368 g/mol. The number of halogens is 1. The van der Waals surface area contributed by atoms with Crippen molar-refractivity contribution in [1.82, 2.24) is 0 Å². The number of amides is 1. The summed E-state index contributed by atoms with van der Waals surface area (Å²) >= 11 is 5.74. The van der Waals surface area contributed by atoms with Gasteiger partial charge in [-0.25, -0.2) is 8.42 Å². The zero-order valence-electron chi connectivity index (χ0n) is 13.2. The lowest BCUT2D eigenvalue weighted by Gasteiger charge is -2.08. The summed E-state index contributed by atoms with van der Waals surface area (Å²) < 4.78 is 29.7. The van der Waals surface area contributed by atoms with Gasteiger partial charge in [-0.05, 0) is 55.5 Å². The Balaban J connectivity index is 1.91. The SMILES string of the molecule is CCOc1ccc(NC(=O)CCS(=O)(=O)c2ccc(Cl)cc2)cc1. The van der Waals surface area contributed by atoms with Crippen LogP contribution < -0.4 is 10.1 Å². The van der Waals surface area contributed by atoms with E-state index >= 15 is 0 Å². The number of hydrogen-bond acceptors (Lipinski definition) is 4. The topological polar surface area (TPSA) is 72.5 Å². The minimum atomic E-state index is -3.52. The van der Waals surface area contributed by atoms with Gasteiger partial charge in [0, 0.05) is 17.1 Å². The monoisotopic (exact) mass is 367 g/mol. The summed E-state index contributed by atoms with van der Waals surface area (Å²) in [6.45, 7) is 2.45. The number of ether oxygens (including phenoxy) is 1. The van der Waals surface area contributed by atoms with Crippen molar-refractivity contribution in [2.24, 2.45) is 0 Å². The molecule has 5 nitrogen and oxygen atoms in total. The van der Waals surface area contributed by atoms with E-state index in [0.717, 1.165) is 0 Å². The van der Waals surface area contributed by atoms with Crippen molar-refractivity contribution < 1.29 is 17.9 Å². The molecule has 0 unspecified atom stereocenters. The van der Waals surface area contributed by atoms with Crippen LogP contribution in [0.15, 0.2) is 53.4 Å². The Morgan fingerprint density at radius 2 is 1.71 bits per heavy atom. The Morgan fingerprint density at radius 3 is 2.29 bits per heavy atom. The molecule has 0 spiro atoms. The summed E-state index contributed by atoms with van der Waals surface area (Å²) in [5, 5.41) is 3.12. The van der Waals surface area contributed by atoms with Crippen LogP contribution in [0.2, 0.25) is 5.02 Å². The van der Waals surface area contributed by atoms with Crippen LogP contribution in [-0.4, -0.2) is 26.7 Å². The summed E-state index contributed by atoms with van der Waals surface area (Å²) in [6, 6.07) is 12.8. The first kappa shape index (κ1) is 18.3. The first-order valence-corrected chi connectivity index (χ1v) is 9.45. The summed E-state index contributed by atoms with van der Waals surface area (Å²) in [5.74, 6) is 0.0785. The predicted molar refractivity (Wildman–Crippen MR) is 94.4 cm³/mol. The molecule has 0 fully saturated rings. The molecular weight excluding hydrogens is 350 g/mol. The van der Waals surface area contributed by atoms with E-state index in [0.29, 0.717) is 23.1 Å². The lowest BCUT2D eigenvalue weighted by Crippen LogP contribution is -2.17. The summed E-state index contributed by atoms with van der Waals surface area (Å²) in [4.78, 5) is 12.1. The molecule has 0 atom stereocenters. The quantitative estimate of drug-likeness (QED) is 0.812. The third-order valence-corrected chi connectivity index (χ3v) is 5.20. The smallest absolute Gasteiger partial charge is 0.225 e. The number of carbonyl (C=O) groups excluding carboxylic acids is 1. The molecular formula is C17H18ClNO4S. The van der Waals surface area contributed by atoms with Crippen molar-refractivity contribution in [3.05, 3.63) is 53.6 Å². The number of anilines is 1. The molecule has 0 radical (unpaired) electrons. The highest BCUT2D eigenvalue weighted by Gasteiger charge is 2.16. The van der Waals surface area contributed by atoms with Crippen LogP contribution in [0.25, 0.3) is 0 Å². The molecule has 0 aliphatic heterocycles. The van der Waals surface area contributed by atoms with Crippen LogP contribution in [-0.2, 0) is 14.6 Å². The van der Waals surface area contributed by atoms with E-state index in [1.807, 2.05) is 6.92 Å². The van der Waals surface area contributed by atoms with Gasteiger partial charge in [-0.2, -0.15) is 0 Å². The Bertz CT molecular complexity index is 786. The Kier molecular flexibility index (Phi) is 6.23. The van der Waals surface area contributed by atoms with Crippen molar-refractivity contribution in [3.8, 4) is 5.75 Å². The third kappa shape index (κ3) is 5.25. The minimum absolute atomic E-state index is 0.127. The third-order valence-electron chi connectivity index (χ3n) is 3.22. The Labute approximate surface area is 146 Å². The van der Waals surface area contributed by atoms with Crippen molar-refractivity contribution in [2.75, 3.05) is 17.7 Å². The van der Waals surface area contributed by atoms with Gasteiger partial charge < -0.3 is 10.1 Å². The van der Waals surface area contributed by atoms with Gasteiger partial charge in [0.05, 0.1) is 17.3 Å². The number of nitrogens with one attached hydrogen (secondary N) is 1. The van der Waals surface area contributed by atoms with Gasteiger partial charge in [0.15, 0.2) is 9.84 Å². The molecule has 7 heteroatoms. The molecule has 1 N–H and O–H groups in total. The molecule has 2 aromatic rings. The fraction of sp³-hybridized carbons (Fsp3) is 0.235. The van der Waals surface area contributed by atoms with Crippen molar-refractivity contribution in [2.45, 2.75) is 18.2 Å². The fourth-order valence-corrected chi connectivity index (χ4v) is 3.38. The van der Waals surface area contributed by atoms with E-state index in [9.17, 15) is 13.2 Å². The van der Waals surface area contributed by atoms with E-state index in [2.05, 4.69) is 5.32 Å². The summed E-state index contributed by atoms with van der Waals surface area (Å²) in [7, 11) is -3.52. The highest BCUT2D eigenvalue weighted by Crippen LogP contribution is 2.18. The number of hydrogen-bond donors (Lipinski definition) is 1. The van der Waals surface area contributed by atoms with Crippen LogP contribution in [0.5, 0.6) is 5.75 Å². The number of rotatable bonds is 7. The lowest BCUT2D eigenvalue weighted by molar-refractivity contribution is -0.115. The van der Waals surface area contributed by atoms with Crippen molar-refractivity contribution in [3.63, 3.8) is 0 Å². The maximum absolute atomic E-state index is 12.2. The summed E-state index contributed by atoms with van der Waals surface area (Å²) in [5.41, 5.74) is 0.590. The first-order chi connectivity index (χ1) is 11.4. The van der Waals surface area contributed by atoms with Crippen LogP contribution in [0.4, 0.5) is 5.69 Å². The molecule has 2 aromatic carbocycles. The van der Waals surface area contributed by atoms with Gasteiger partial charge in [-0.3, -0.25) is 4.79 Å². The van der Waals surface area contributed by atoms with E-state index in [-0.39, 0.29) is 23.0 Å². The molecule has 0 aromatic heterocycles. The Hall–Kier alpha value is -2.05. The van der Waals surface area contributed by atoms with Crippen LogP contribution in [0.3, 0.4) is 0 Å². The molecule has 2 rings (SSSR count). The zero-order chi connectivity index (χ0) is 17.6. The lowest BCUT2D eigenvalue weighted by atomic mass is 10.3. The maximum atomic E-state index is 12.2. The molecule has 0 aliphatic rings. The maximum Gasteiger partial charge on any atom is 0.225 e. The molecule has 0 bridgehead atoms. The van der Waals surface area contributed by atoms with E-state index in [1.54, 1.807) is 24.3 Å². The van der Waals surface area contributed by atoms with E-state index < -0.39 is 9.84 Å². The molecule has 0 saturated carbocycles. The van der Waals surface area contributed by atoms with Crippen LogP contribution >= 0.6 is 11.6 Å². The first-order valence-electron chi connectivity index (χ1n) is 7.42.